The van der Waals surface area contributed by atoms with E-state index in [9.17, 15) is 5.11 Å². The topological polar surface area (TPSA) is 48.4 Å². The van der Waals surface area contributed by atoms with Crippen molar-refractivity contribution in [2.24, 2.45) is 0 Å². The Morgan fingerprint density at radius 2 is 2.08 bits per heavy atom. The molecule has 24 heavy (non-hydrogen) atoms. The SMILES string of the molecule is COc1cccc(CN2CCN(C)[C@@H](CO)C2)c1OCCN(C)C. The van der Waals surface area contributed by atoms with Gasteiger partial charge in [0.2, 0.25) is 0 Å². The van der Waals surface area contributed by atoms with Gasteiger partial charge in [0.1, 0.15) is 6.61 Å². The molecule has 1 atom stereocenters. The van der Waals surface area contributed by atoms with E-state index in [1.807, 2.05) is 26.2 Å². The van der Waals surface area contributed by atoms with Crippen molar-refractivity contribution in [2.45, 2.75) is 12.6 Å². The molecule has 1 saturated heterocycles. The zero-order valence-electron chi connectivity index (χ0n) is 15.4. The first-order valence-corrected chi connectivity index (χ1v) is 8.52. The van der Waals surface area contributed by atoms with Crippen molar-refractivity contribution in [1.29, 1.82) is 0 Å². The van der Waals surface area contributed by atoms with Crippen LogP contribution in [0.25, 0.3) is 0 Å². The molecule has 0 aliphatic carbocycles. The Kier molecular flexibility index (Phi) is 7.30. The predicted octanol–water partition coefficient (Wildman–Crippen LogP) is 0.744. The first-order valence-electron chi connectivity index (χ1n) is 8.52. The number of nitrogens with zero attached hydrogens (tertiary/aromatic N) is 3. The predicted molar refractivity (Wildman–Crippen MR) is 95.8 cm³/mol. The van der Waals surface area contributed by atoms with E-state index in [0.717, 1.165) is 49.8 Å². The van der Waals surface area contributed by atoms with Gasteiger partial charge in [0, 0.05) is 44.3 Å². The van der Waals surface area contributed by atoms with E-state index < -0.39 is 0 Å². The van der Waals surface area contributed by atoms with Crippen LogP contribution in [0.4, 0.5) is 0 Å². The maximum absolute atomic E-state index is 9.53. The number of rotatable bonds is 8. The van der Waals surface area contributed by atoms with Gasteiger partial charge in [0.15, 0.2) is 11.5 Å². The molecule has 1 fully saturated rings. The van der Waals surface area contributed by atoms with Crippen LogP contribution >= 0.6 is 0 Å². The van der Waals surface area contributed by atoms with Crippen molar-refractivity contribution < 1.29 is 14.6 Å². The van der Waals surface area contributed by atoms with Crippen molar-refractivity contribution in [3.8, 4) is 11.5 Å². The summed E-state index contributed by atoms with van der Waals surface area (Å²) in [7, 11) is 7.81. The van der Waals surface area contributed by atoms with Gasteiger partial charge in [-0.1, -0.05) is 12.1 Å². The lowest BCUT2D eigenvalue weighted by molar-refractivity contribution is 0.0534. The number of piperazine rings is 1. The second kappa shape index (κ2) is 9.22. The third kappa shape index (κ3) is 5.08. The molecule has 0 unspecified atom stereocenters. The summed E-state index contributed by atoms with van der Waals surface area (Å²) in [5.74, 6) is 1.61. The van der Waals surface area contributed by atoms with Crippen molar-refractivity contribution in [1.82, 2.24) is 14.7 Å². The summed E-state index contributed by atoms with van der Waals surface area (Å²) in [5, 5.41) is 9.53. The van der Waals surface area contributed by atoms with E-state index in [0.29, 0.717) is 6.61 Å². The number of hydrogen-bond acceptors (Lipinski definition) is 6. The standard InChI is InChI=1S/C18H31N3O3/c1-19(2)10-11-24-18-15(6-5-7-17(18)23-4)12-21-9-8-20(3)16(13-21)14-22/h5-7,16,22H,8-14H2,1-4H3/t16-/m1/s1. The Bertz CT molecular complexity index is 510. The third-order valence-corrected chi connectivity index (χ3v) is 4.53. The smallest absolute Gasteiger partial charge is 0.165 e. The molecule has 136 valence electrons. The fourth-order valence-electron chi connectivity index (χ4n) is 2.93. The molecule has 6 heteroatoms. The molecule has 0 amide bonds. The fraction of sp³-hybridized carbons (Fsp3) is 0.667. The zero-order valence-corrected chi connectivity index (χ0v) is 15.4. The maximum Gasteiger partial charge on any atom is 0.165 e. The quantitative estimate of drug-likeness (QED) is 0.755. The highest BCUT2D eigenvalue weighted by Crippen LogP contribution is 2.32. The second-order valence-corrected chi connectivity index (χ2v) is 6.65. The van der Waals surface area contributed by atoms with Crippen molar-refractivity contribution in [2.75, 3.05) is 67.6 Å². The molecule has 6 nitrogen and oxygen atoms in total. The summed E-state index contributed by atoms with van der Waals surface area (Å²) in [6.45, 7) is 5.30. The molecule has 0 radical (unpaired) electrons. The lowest BCUT2D eigenvalue weighted by Crippen LogP contribution is -2.52. The maximum atomic E-state index is 9.53. The normalized spacial score (nSPS) is 19.7. The van der Waals surface area contributed by atoms with Gasteiger partial charge in [-0.05, 0) is 27.2 Å². The van der Waals surface area contributed by atoms with Gasteiger partial charge < -0.3 is 19.5 Å². The number of ether oxygens (including phenoxy) is 2. The molecule has 2 rings (SSSR count). The van der Waals surface area contributed by atoms with Gasteiger partial charge in [0.05, 0.1) is 13.7 Å². The Hall–Kier alpha value is -1.34. The zero-order chi connectivity index (χ0) is 17.5. The van der Waals surface area contributed by atoms with Crippen molar-refractivity contribution in [3.63, 3.8) is 0 Å². The van der Waals surface area contributed by atoms with E-state index in [4.69, 9.17) is 9.47 Å². The lowest BCUT2D eigenvalue weighted by Gasteiger charge is -2.38. The van der Waals surface area contributed by atoms with Crippen LogP contribution in [0.1, 0.15) is 5.56 Å². The van der Waals surface area contributed by atoms with Gasteiger partial charge in [-0.2, -0.15) is 0 Å². The summed E-state index contributed by atoms with van der Waals surface area (Å²) in [6, 6.07) is 6.24. The van der Waals surface area contributed by atoms with Gasteiger partial charge in [-0.3, -0.25) is 9.80 Å². The number of hydrogen-bond donors (Lipinski definition) is 1. The highest BCUT2D eigenvalue weighted by molar-refractivity contribution is 5.46. The van der Waals surface area contributed by atoms with E-state index in [2.05, 4.69) is 27.8 Å². The molecule has 0 saturated carbocycles. The highest BCUT2D eigenvalue weighted by atomic mass is 16.5. The third-order valence-electron chi connectivity index (χ3n) is 4.53. The molecule has 1 aliphatic rings. The Morgan fingerprint density at radius 1 is 1.29 bits per heavy atom. The number of likely N-dealkylation sites (N-methyl/N-ethyl adjacent to an activating group) is 2. The Balaban J connectivity index is 2.08. The van der Waals surface area contributed by atoms with Gasteiger partial charge in [0.25, 0.3) is 0 Å². The molecule has 1 heterocycles. The monoisotopic (exact) mass is 337 g/mol. The van der Waals surface area contributed by atoms with E-state index in [1.165, 1.54) is 0 Å². The fourth-order valence-corrected chi connectivity index (χ4v) is 2.93. The largest absolute Gasteiger partial charge is 0.493 e. The lowest BCUT2D eigenvalue weighted by atomic mass is 10.1. The summed E-state index contributed by atoms with van der Waals surface area (Å²) in [6.07, 6.45) is 0. The molecule has 1 N–H and O–H groups in total. The van der Waals surface area contributed by atoms with Crippen molar-refractivity contribution in [3.05, 3.63) is 23.8 Å². The molecule has 1 aromatic carbocycles. The molecular weight excluding hydrogens is 306 g/mol. The van der Waals surface area contributed by atoms with Crippen LogP contribution in [-0.2, 0) is 6.54 Å². The summed E-state index contributed by atoms with van der Waals surface area (Å²) in [5.41, 5.74) is 1.13. The molecule has 0 spiro atoms. The minimum Gasteiger partial charge on any atom is -0.493 e. The average Bonchev–Trinajstić information content (AvgIpc) is 2.57. The van der Waals surface area contributed by atoms with Crippen LogP contribution in [0.5, 0.6) is 11.5 Å². The number of methoxy groups -OCH3 is 1. The van der Waals surface area contributed by atoms with E-state index in [-0.39, 0.29) is 12.6 Å². The van der Waals surface area contributed by atoms with E-state index in [1.54, 1.807) is 7.11 Å². The molecule has 0 bridgehead atoms. The minimum absolute atomic E-state index is 0.192. The second-order valence-electron chi connectivity index (χ2n) is 6.65. The number of aliphatic hydroxyl groups is 1. The number of aliphatic hydroxyl groups excluding tert-OH is 1. The minimum atomic E-state index is 0.192. The molecule has 0 aromatic heterocycles. The highest BCUT2D eigenvalue weighted by Gasteiger charge is 2.24. The average molecular weight is 337 g/mol. The van der Waals surface area contributed by atoms with Crippen LogP contribution in [0.2, 0.25) is 0 Å². The summed E-state index contributed by atoms with van der Waals surface area (Å²) in [4.78, 5) is 6.69. The number of benzene rings is 1. The van der Waals surface area contributed by atoms with Crippen LogP contribution in [-0.4, -0.2) is 93.5 Å². The van der Waals surface area contributed by atoms with Crippen LogP contribution in [0, 0.1) is 0 Å². The molecule has 1 aromatic rings. The molecular formula is C18H31N3O3. The van der Waals surface area contributed by atoms with Gasteiger partial charge in [-0.15, -0.1) is 0 Å². The summed E-state index contributed by atoms with van der Waals surface area (Å²) >= 11 is 0. The summed E-state index contributed by atoms with van der Waals surface area (Å²) < 4.78 is 11.5. The van der Waals surface area contributed by atoms with Crippen LogP contribution in [0.15, 0.2) is 18.2 Å². The Morgan fingerprint density at radius 3 is 2.75 bits per heavy atom. The first-order chi connectivity index (χ1) is 11.5. The Labute approximate surface area is 145 Å². The van der Waals surface area contributed by atoms with Crippen molar-refractivity contribution >= 4 is 0 Å². The van der Waals surface area contributed by atoms with Gasteiger partial charge >= 0.3 is 0 Å². The van der Waals surface area contributed by atoms with E-state index >= 15 is 0 Å². The van der Waals surface area contributed by atoms with Crippen LogP contribution < -0.4 is 9.47 Å². The first kappa shape index (κ1) is 19.0. The van der Waals surface area contributed by atoms with Gasteiger partial charge in [-0.25, -0.2) is 0 Å². The number of para-hydroxylation sites is 1. The molecule has 1 aliphatic heterocycles. The van der Waals surface area contributed by atoms with Crippen LogP contribution in [0.3, 0.4) is 0 Å².